The zero-order valence-corrected chi connectivity index (χ0v) is 13.0. The first kappa shape index (κ1) is 14.8. The first-order chi connectivity index (χ1) is 8.94. The van der Waals surface area contributed by atoms with Gasteiger partial charge in [-0.15, -0.1) is 0 Å². The Balaban J connectivity index is 2.20. The second kappa shape index (κ2) is 5.81. The van der Waals surface area contributed by atoms with Crippen molar-refractivity contribution in [2.45, 2.75) is 45.2 Å². The molecule has 19 heavy (non-hydrogen) atoms. The van der Waals surface area contributed by atoms with Gasteiger partial charge < -0.3 is 10.6 Å². The largest absolute Gasteiger partial charge is 0.322 e. The molecule has 1 aromatic rings. The van der Waals surface area contributed by atoms with E-state index in [1.807, 2.05) is 4.68 Å². The molecule has 1 unspecified atom stereocenters. The van der Waals surface area contributed by atoms with E-state index < -0.39 is 0 Å². The van der Waals surface area contributed by atoms with E-state index in [9.17, 15) is 0 Å². The Hall–Kier alpha value is -0.580. The van der Waals surface area contributed by atoms with Gasteiger partial charge in [0.2, 0.25) is 0 Å². The number of hydrogen-bond donors (Lipinski definition) is 1. The summed E-state index contributed by atoms with van der Waals surface area (Å²) in [5.74, 6) is 0. The van der Waals surface area contributed by atoms with Crippen LogP contribution in [-0.2, 0) is 6.54 Å². The lowest BCUT2D eigenvalue weighted by molar-refractivity contribution is 0.251. The highest BCUT2D eigenvalue weighted by molar-refractivity contribution is 6.31. The molecule has 0 amide bonds. The number of halogens is 1. The molecule has 2 N–H and O–H groups in total. The van der Waals surface area contributed by atoms with Crippen molar-refractivity contribution >= 4 is 11.6 Å². The summed E-state index contributed by atoms with van der Waals surface area (Å²) in [6, 6.07) is -0.0211. The highest BCUT2D eigenvalue weighted by Gasteiger charge is 2.38. The number of rotatable bonds is 5. The lowest BCUT2D eigenvalue weighted by Gasteiger charge is -2.32. The zero-order chi connectivity index (χ0) is 14.0. The minimum Gasteiger partial charge on any atom is -0.322 e. The van der Waals surface area contributed by atoms with Gasteiger partial charge in [-0.3, -0.25) is 4.68 Å². The number of nitrogens with two attached hydrogens (primary N) is 1. The average molecular weight is 285 g/mol. The van der Waals surface area contributed by atoms with Crippen molar-refractivity contribution in [2.24, 2.45) is 11.1 Å². The second-order valence-corrected chi connectivity index (χ2v) is 6.65. The fourth-order valence-corrected chi connectivity index (χ4v) is 3.24. The van der Waals surface area contributed by atoms with Gasteiger partial charge in [0, 0.05) is 6.54 Å². The molecule has 108 valence electrons. The van der Waals surface area contributed by atoms with Gasteiger partial charge in [0.05, 0.1) is 29.5 Å². The summed E-state index contributed by atoms with van der Waals surface area (Å²) in [5, 5.41) is 5.10. The molecule has 1 aliphatic carbocycles. The van der Waals surface area contributed by atoms with Crippen molar-refractivity contribution in [1.82, 2.24) is 14.7 Å². The van der Waals surface area contributed by atoms with E-state index in [1.165, 1.54) is 25.7 Å². The van der Waals surface area contributed by atoms with Crippen LogP contribution in [0.4, 0.5) is 0 Å². The van der Waals surface area contributed by atoms with Gasteiger partial charge in [-0.25, -0.2) is 0 Å². The van der Waals surface area contributed by atoms with Crippen LogP contribution in [0.2, 0.25) is 5.02 Å². The SMILES string of the molecule is CN(C)CCn1ncc(Cl)c1C(N)C1(C)CCCC1. The molecule has 1 aromatic heterocycles. The Morgan fingerprint density at radius 3 is 2.68 bits per heavy atom. The van der Waals surface area contributed by atoms with Gasteiger partial charge in [-0.1, -0.05) is 31.4 Å². The summed E-state index contributed by atoms with van der Waals surface area (Å²) < 4.78 is 1.98. The quantitative estimate of drug-likeness (QED) is 0.904. The van der Waals surface area contributed by atoms with E-state index in [2.05, 4.69) is 31.0 Å². The molecule has 2 rings (SSSR count). The van der Waals surface area contributed by atoms with Crippen LogP contribution in [0.3, 0.4) is 0 Å². The van der Waals surface area contributed by atoms with Gasteiger partial charge in [0.15, 0.2) is 0 Å². The highest BCUT2D eigenvalue weighted by Crippen LogP contribution is 2.47. The number of aromatic nitrogens is 2. The van der Waals surface area contributed by atoms with Crippen LogP contribution >= 0.6 is 11.6 Å². The minimum atomic E-state index is -0.0211. The standard InChI is InChI=1S/C14H25ClN4/c1-14(6-4-5-7-14)13(16)12-11(15)10-17-19(12)9-8-18(2)3/h10,13H,4-9,16H2,1-3H3. The average Bonchev–Trinajstić information content (AvgIpc) is 2.93. The topological polar surface area (TPSA) is 47.1 Å². The van der Waals surface area contributed by atoms with Crippen molar-refractivity contribution < 1.29 is 0 Å². The zero-order valence-electron chi connectivity index (χ0n) is 12.2. The molecule has 0 aromatic carbocycles. The molecular weight excluding hydrogens is 260 g/mol. The molecule has 0 bridgehead atoms. The third-order valence-electron chi connectivity index (χ3n) is 4.38. The first-order valence-electron chi connectivity index (χ1n) is 7.05. The molecule has 0 saturated heterocycles. The summed E-state index contributed by atoms with van der Waals surface area (Å²) in [7, 11) is 4.12. The van der Waals surface area contributed by atoms with Gasteiger partial charge in [0.1, 0.15) is 0 Å². The molecule has 4 nitrogen and oxygen atoms in total. The van der Waals surface area contributed by atoms with Crippen LogP contribution < -0.4 is 5.73 Å². The normalized spacial score (nSPS) is 20.1. The molecule has 5 heteroatoms. The maximum atomic E-state index is 6.53. The van der Waals surface area contributed by atoms with Crippen LogP contribution in [0.25, 0.3) is 0 Å². The van der Waals surface area contributed by atoms with Gasteiger partial charge in [-0.05, 0) is 32.4 Å². The third kappa shape index (κ3) is 3.12. The highest BCUT2D eigenvalue weighted by atomic mass is 35.5. The molecule has 1 atom stereocenters. The van der Waals surface area contributed by atoms with Crippen molar-refractivity contribution in [3.8, 4) is 0 Å². The lowest BCUT2D eigenvalue weighted by atomic mass is 9.79. The predicted molar refractivity (Wildman–Crippen MR) is 79.3 cm³/mol. The molecule has 0 radical (unpaired) electrons. The molecular formula is C14H25ClN4. The minimum absolute atomic E-state index is 0.0211. The molecule has 0 aliphatic heterocycles. The molecule has 1 saturated carbocycles. The Labute approximate surface area is 120 Å². The maximum Gasteiger partial charge on any atom is 0.0834 e. The second-order valence-electron chi connectivity index (χ2n) is 6.24. The summed E-state index contributed by atoms with van der Waals surface area (Å²) >= 11 is 6.32. The van der Waals surface area contributed by atoms with E-state index in [0.717, 1.165) is 18.8 Å². The van der Waals surface area contributed by atoms with Gasteiger partial charge >= 0.3 is 0 Å². The molecule has 1 fully saturated rings. The Morgan fingerprint density at radius 1 is 1.47 bits per heavy atom. The summed E-state index contributed by atoms with van der Waals surface area (Å²) in [5.41, 5.74) is 7.70. The molecule has 1 aliphatic rings. The van der Waals surface area contributed by atoms with Crippen LogP contribution in [0, 0.1) is 5.41 Å². The van der Waals surface area contributed by atoms with E-state index in [-0.39, 0.29) is 11.5 Å². The summed E-state index contributed by atoms with van der Waals surface area (Å²) in [6.45, 7) is 4.05. The summed E-state index contributed by atoms with van der Waals surface area (Å²) in [6.07, 6.45) is 6.64. The first-order valence-corrected chi connectivity index (χ1v) is 7.43. The summed E-state index contributed by atoms with van der Waals surface area (Å²) in [4.78, 5) is 2.14. The van der Waals surface area contributed by atoms with Crippen molar-refractivity contribution in [1.29, 1.82) is 0 Å². The van der Waals surface area contributed by atoms with E-state index >= 15 is 0 Å². The van der Waals surface area contributed by atoms with E-state index in [4.69, 9.17) is 17.3 Å². The van der Waals surface area contributed by atoms with Gasteiger partial charge in [-0.2, -0.15) is 5.10 Å². The fourth-order valence-electron chi connectivity index (χ4n) is 2.98. The van der Waals surface area contributed by atoms with Crippen LogP contribution in [0.1, 0.15) is 44.3 Å². The molecule has 0 spiro atoms. The number of nitrogens with zero attached hydrogens (tertiary/aromatic N) is 3. The monoisotopic (exact) mass is 284 g/mol. The number of likely N-dealkylation sites (N-methyl/N-ethyl adjacent to an activating group) is 1. The smallest absolute Gasteiger partial charge is 0.0834 e. The molecule has 1 heterocycles. The van der Waals surface area contributed by atoms with E-state index in [0.29, 0.717) is 5.02 Å². The number of hydrogen-bond acceptors (Lipinski definition) is 3. The van der Waals surface area contributed by atoms with Crippen LogP contribution in [-0.4, -0.2) is 35.3 Å². The predicted octanol–water partition coefficient (Wildman–Crippen LogP) is 2.68. The van der Waals surface area contributed by atoms with Crippen molar-refractivity contribution in [2.75, 3.05) is 20.6 Å². The van der Waals surface area contributed by atoms with Crippen molar-refractivity contribution in [3.05, 3.63) is 16.9 Å². The third-order valence-corrected chi connectivity index (χ3v) is 4.67. The van der Waals surface area contributed by atoms with Gasteiger partial charge in [0.25, 0.3) is 0 Å². The maximum absolute atomic E-state index is 6.53. The van der Waals surface area contributed by atoms with Crippen LogP contribution in [0.15, 0.2) is 6.20 Å². The fraction of sp³-hybridized carbons (Fsp3) is 0.786. The van der Waals surface area contributed by atoms with E-state index in [1.54, 1.807) is 6.20 Å². The van der Waals surface area contributed by atoms with Crippen LogP contribution in [0.5, 0.6) is 0 Å². The lowest BCUT2D eigenvalue weighted by Crippen LogP contribution is -2.32. The Morgan fingerprint density at radius 2 is 2.11 bits per heavy atom. The Kier molecular flexibility index (Phi) is 4.54. The van der Waals surface area contributed by atoms with Crippen molar-refractivity contribution in [3.63, 3.8) is 0 Å². The Bertz CT molecular complexity index is 421.